The Labute approximate surface area is 273 Å². The number of hydrogen-bond acceptors (Lipinski definition) is 9. The fourth-order valence-electron chi connectivity index (χ4n) is 5.28. The summed E-state index contributed by atoms with van der Waals surface area (Å²) in [5.41, 5.74) is 0.751. The molecule has 0 spiro atoms. The topological polar surface area (TPSA) is 147 Å². The van der Waals surface area contributed by atoms with Gasteiger partial charge in [-0.3, -0.25) is 9.59 Å². The Morgan fingerprint density at radius 3 is 2.61 bits per heavy atom. The number of carbonyl (C=O) groups is 2. The van der Waals surface area contributed by atoms with Crippen LogP contribution in [-0.2, 0) is 26.6 Å². The molecule has 2 amide bonds. The number of imidazole rings is 1. The molecule has 1 aliphatic heterocycles. The number of fused-ring (bicyclic) bond motifs is 1. The molecule has 2 aromatic rings. The van der Waals surface area contributed by atoms with Crippen molar-refractivity contribution in [3.05, 3.63) is 36.3 Å². The van der Waals surface area contributed by atoms with E-state index in [1.54, 1.807) is 41.6 Å². The first-order valence-electron chi connectivity index (χ1n) is 16.0. The zero-order valence-electron chi connectivity index (χ0n) is 28.3. The summed E-state index contributed by atoms with van der Waals surface area (Å²) in [6, 6.07) is 4.51. The van der Waals surface area contributed by atoms with Crippen molar-refractivity contribution in [1.29, 1.82) is 0 Å². The number of aryl methyl sites for hydroxylation is 1. The van der Waals surface area contributed by atoms with Crippen molar-refractivity contribution in [3.8, 4) is 5.75 Å². The van der Waals surface area contributed by atoms with Crippen LogP contribution in [0.5, 0.6) is 5.75 Å². The van der Waals surface area contributed by atoms with E-state index in [0.717, 1.165) is 19.4 Å². The van der Waals surface area contributed by atoms with Gasteiger partial charge in [-0.1, -0.05) is 6.92 Å². The van der Waals surface area contributed by atoms with Gasteiger partial charge in [0, 0.05) is 58.0 Å². The SMILES string of the molecule is C[C@@H]1CN([C@H](C)CO)C(=O)c2cc(NC(=O)CCCN(C)C)ccc2O[C@@H](C)CCCCO[C@H]1CN(C)S(=O)(=O)c1cn(C)cn1. The van der Waals surface area contributed by atoms with Crippen molar-refractivity contribution in [3.63, 3.8) is 0 Å². The quantitative estimate of drug-likeness (QED) is 0.370. The maximum Gasteiger partial charge on any atom is 0.261 e. The van der Waals surface area contributed by atoms with Gasteiger partial charge in [0.05, 0.1) is 36.7 Å². The number of carbonyl (C=O) groups excluding carboxylic acids is 2. The van der Waals surface area contributed by atoms with Crippen molar-refractivity contribution in [2.45, 2.75) is 76.2 Å². The summed E-state index contributed by atoms with van der Waals surface area (Å²) in [4.78, 5) is 34.6. The highest BCUT2D eigenvalue weighted by Gasteiger charge is 2.33. The van der Waals surface area contributed by atoms with Crippen molar-refractivity contribution in [1.82, 2.24) is 23.7 Å². The number of nitrogens with one attached hydrogen (secondary N) is 1. The Bertz CT molecular complexity index is 1400. The van der Waals surface area contributed by atoms with Gasteiger partial charge in [-0.15, -0.1) is 0 Å². The molecule has 258 valence electrons. The van der Waals surface area contributed by atoms with Gasteiger partial charge in [-0.05, 0) is 78.4 Å². The molecule has 0 aliphatic carbocycles. The Hall–Kier alpha value is -3.04. The highest BCUT2D eigenvalue weighted by Crippen LogP contribution is 2.29. The van der Waals surface area contributed by atoms with E-state index >= 15 is 0 Å². The molecule has 14 heteroatoms. The lowest BCUT2D eigenvalue weighted by Gasteiger charge is -2.35. The van der Waals surface area contributed by atoms with Crippen LogP contribution >= 0.6 is 0 Å². The first-order chi connectivity index (χ1) is 21.7. The normalized spacial score (nSPS) is 21.0. The molecule has 13 nitrogen and oxygen atoms in total. The number of aliphatic hydroxyl groups excluding tert-OH is 1. The first-order valence-corrected chi connectivity index (χ1v) is 17.4. The largest absolute Gasteiger partial charge is 0.490 e. The highest BCUT2D eigenvalue weighted by atomic mass is 32.2. The minimum atomic E-state index is -3.87. The van der Waals surface area contributed by atoms with E-state index < -0.39 is 22.2 Å². The van der Waals surface area contributed by atoms with Crippen LogP contribution in [0.15, 0.2) is 35.7 Å². The van der Waals surface area contributed by atoms with Gasteiger partial charge in [-0.25, -0.2) is 13.4 Å². The molecule has 1 aromatic heterocycles. The van der Waals surface area contributed by atoms with E-state index in [4.69, 9.17) is 9.47 Å². The van der Waals surface area contributed by atoms with Crippen LogP contribution in [0.25, 0.3) is 0 Å². The minimum absolute atomic E-state index is 0.0513. The Kier molecular flexibility index (Phi) is 14.0. The molecule has 46 heavy (non-hydrogen) atoms. The van der Waals surface area contributed by atoms with Gasteiger partial charge in [0.15, 0.2) is 5.03 Å². The number of nitrogens with zero attached hydrogens (tertiary/aromatic N) is 5. The van der Waals surface area contributed by atoms with E-state index in [2.05, 4.69) is 10.3 Å². The average molecular weight is 665 g/mol. The summed E-state index contributed by atoms with van der Waals surface area (Å²) in [5, 5.41) is 13.0. The second kappa shape index (κ2) is 17.2. The summed E-state index contributed by atoms with van der Waals surface area (Å²) >= 11 is 0. The standard InChI is InChI=1S/C32H52N6O7S/c1-23-18-38(24(2)21-39)32(41)27-17-26(34-30(40)12-10-15-35(4)5)13-14-28(27)45-25(3)11-8-9-16-44-29(23)19-37(7)46(42,43)31-20-36(6)22-33-31/h13-14,17,20,22-25,29,39H,8-12,15-16,18-19,21H2,1-7H3,(H,34,40)/t23-,24-,25+,29+/m1/s1. The van der Waals surface area contributed by atoms with Gasteiger partial charge >= 0.3 is 0 Å². The molecule has 0 saturated carbocycles. The molecule has 2 heterocycles. The van der Waals surface area contributed by atoms with Gasteiger partial charge < -0.3 is 34.3 Å². The summed E-state index contributed by atoms with van der Waals surface area (Å²) in [7, 11) is 3.24. The molecule has 2 N–H and O–H groups in total. The van der Waals surface area contributed by atoms with Crippen molar-refractivity contribution in [2.24, 2.45) is 13.0 Å². The van der Waals surface area contributed by atoms with Crippen molar-refractivity contribution in [2.75, 3.05) is 59.3 Å². The van der Waals surface area contributed by atoms with Gasteiger partial charge in [0.1, 0.15) is 5.75 Å². The van der Waals surface area contributed by atoms with Crippen molar-refractivity contribution >= 4 is 27.5 Å². The summed E-state index contributed by atoms with van der Waals surface area (Å²) in [5.74, 6) is -0.435. The molecular formula is C32H52N6O7S. The number of amides is 2. The second-order valence-corrected chi connectivity index (χ2v) is 14.6. The Morgan fingerprint density at radius 2 is 1.96 bits per heavy atom. The van der Waals surface area contributed by atoms with Crippen LogP contribution in [0.2, 0.25) is 0 Å². The minimum Gasteiger partial charge on any atom is -0.490 e. The third-order valence-corrected chi connectivity index (χ3v) is 9.85. The molecule has 0 radical (unpaired) electrons. The fourth-order valence-corrected chi connectivity index (χ4v) is 6.42. The lowest BCUT2D eigenvalue weighted by atomic mass is 10.0. The number of aliphatic hydroxyl groups is 1. The molecule has 0 bridgehead atoms. The van der Waals surface area contributed by atoms with Crippen LogP contribution in [0.4, 0.5) is 5.69 Å². The smallest absolute Gasteiger partial charge is 0.261 e. The number of anilines is 1. The maximum absolute atomic E-state index is 14.3. The molecule has 3 rings (SSSR count). The lowest BCUT2D eigenvalue weighted by Crippen LogP contribution is -2.48. The molecule has 4 atom stereocenters. The fraction of sp³-hybridized carbons (Fsp3) is 0.656. The van der Waals surface area contributed by atoms with Crippen LogP contribution in [-0.4, -0.2) is 121 Å². The Balaban J connectivity index is 1.92. The van der Waals surface area contributed by atoms with Crippen LogP contribution < -0.4 is 10.1 Å². The number of ether oxygens (including phenoxy) is 2. The zero-order chi connectivity index (χ0) is 34.0. The van der Waals surface area contributed by atoms with Gasteiger partial charge in [-0.2, -0.15) is 4.31 Å². The molecule has 1 aromatic carbocycles. The van der Waals surface area contributed by atoms with E-state index in [1.165, 1.54) is 23.9 Å². The predicted molar refractivity (Wildman–Crippen MR) is 176 cm³/mol. The molecule has 0 saturated heterocycles. The monoisotopic (exact) mass is 664 g/mol. The number of hydrogen-bond donors (Lipinski definition) is 2. The summed E-state index contributed by atoms with van der Waals surface area (Å²) < 4.78 is 41.9. The number of likely N-dealkylation sites (N-methyl/N-ethyl adjacent to an activating group) is 1. The number of rotatable bonds is 11. The summed E-state index contributed by atoms with van der Waals surface area (Å²) in [6.45, 7) is 6.74. The third-order valence-electron chi connectivity index (χ3n) is 8.14. The highest BCUT2D eigenvalue weighted by molar-refractivity contribution is 7.89. The number of benzene rings is 1. The van der Waals surface area contributed by atoms with Crippen LogP contribution in [0.3, 0.4) is 0 Å². The van der Waals surface area contributed by atoms with Gasteiger partial charge in [0.25, 0.3) is 15.9 Å². The molecular weight excluding hydrogens is 612 g/mol. The van der Waals surface area contributed by atoms with E-state index in [0.29, 0.717) is 37.3 Å². The van der Waals surface area contributed by atoms with E-state index in [1.807, 2.05) is 32.8 Å². The first kappa shape index (κ1) is 37.4. The van der Waals surface area contributed by atoms with Gasteiger partial charge in [0.2, 0.25) is 5.91 Å². The second-order valence-electron chi connectivity index (χ2n) is 12.6. The molecule has 0 fully saturated rings. The molecule has 1 aliphatic rings. The predicted octanol–water partition coefficient (Wildman–Crippen LogP) is 2.82. The van der Waals surface area contributed by atoms with Crippen LogP contribution in [0.1, 0.15) is 63.2 Å². The number of sulfonamides is 1. The van der Waals surface area contributed by atoms with Crippen LogP contribution in [0, 0.1) is 5.92 Å². The lowest BCUT2D eigenvalue weighted by molar-refractivity contribution is -0.116. The number of aromatic nitrogens is 2. The maximum atomic E-state index is 14.3. The molecule has 0 unspecified atom stereocenters. The van der Waals surface area contributed by atoms with E-state index in [-0.39, 0.29) is 54.1 Å². The zero-order valence-corrected chi connectivity index (χ0v) is 29.1. The third kappa shape index (κ3) is 10.5. The van der Waals surface area contributed by atoms with E-state index in [9.17, 15) is 23.1 Å². The Morgan fingerprint density at radius 1 is 1.22 bits per heavy atom. The van der Waals surface area contributed by atoms with Crippen molar-refractivity contribution < 1.29 is 32.6 Å². The summed E-state index contributed by atoms with van der Waals surface area (Å²) in [6.07, 6.45) is 5.45. The average Bonchev–Trinajstić information content (AvgIpc) is 3.45.